The summed E-state index contributed by atoms with van der Waals surface area (Å²) in [5.41, 5.74) is 1.17. The van der Waals surface area contributed by atoms with Gasteiger partial charge in [-0.1, -0.05) is 19.1 Å². The zero-order valence-corrected chi connectivity index (χ0v) is 9.29. The van der Waals surface area contributed by atoms with Gasteiger partial charge in [0.2, 0.25) is 0 Å². The van der Waals surface area contributed by atoms with Crippen LogP contribution < -0.4 is 0 Å². The average molecular weight is 212 g/mol. The molecule has 14 heavy (non-hydrogen) atoms. The molecular formula is C11H16O2S. The summed E-state index contributed by atoms with van der Waals surface area (Å²) in [6.45, 7) is 3.81. The molecule has 0 fully saturated rings. The molecule has 2 N–H and O–H groups in total. The second kappa shape index (κ2) is 5.27. The summed E-state index contributed by atoms with van der Waals surface area (Å²) in [5.74, 6) is 1.16. The number of aliphatic hydroxyl groups is 1. The minimum atomic E-state index is -0.280. The van der Waals surface area contributed by atoms with Crippen LogP contribution in [-0.2, 0) is 5.75 Å². The van der Waals surface area contributed by atoms with Crippen molar-refractivity contribution in [2.24, 2.45) is 0 Å². The Morgan fingerprint density at radius 1 is 1.21 bits per heavy atom. The van der Waals surface area contributed by atoms with Gasteiger partial charge < -0.3 is 10.2 Å². The highest BCUT2D eigenvalue weighted by Crippen LogP contribution is 2.21. The van der Waals surface area contributed by atoms with Crippen LogP contribution in [0.15, 0.2) is 24.3 Å². The van der Waals surface area contributed by atoms with E-state index >= 15 is 0 Å². The SMILES string of the molecule is CC(O)C(C)SCc1ccc(O)cc1. The lowest BCUT2D eigenvalue weighted by Gasteiger charge is -2.13. The van der Waals surface area contributed by atoms with Crippen LogP contribution in [0.5, 0.6) is 5.75 Å². The molecule has 2 nitrogen and oxygen atoms in total. The van der Waals surface area contributed by atoms with E-state index in [1.54, 1.807) is 30.8 Å². The third kappa shape index (κ3) is 3.60. The Bertz CT molecular complexity index is 269. The lowest BCUT2D eigenvalue weighted by atomic mass is 10.2. The van der Waals surface area contributed by atoms with Crippen LogP contribution >= 0.6 is 11.8 Å². The second-order valence-corrected chi connectivity index (χ2v) is 4.79. The fraction of sp³-hybridized carbons (Fsp3) is 0.455. The molecule has 2 atom stereocenters. The highest BCUT2D eigenvalue weighted by Gasteiger charge is 2.08. The molecule has 0 spiro atoms. The van der Waals surface area contributed by atoms with Crippen LogP contribution in [0.25, 0.3) is 0 Å². The molecule has 0 saturated heterocycles. The van der Waals surface area contributed by atoms with Crippen LogP contribution in [-0.4, -0.2) is 21.6 Å². The Morgan fingerprint density at radius 2 is 1.79 bits per heavy atom. The van der Waals surface area contributed by atoms with E-state index in [1.165, 1.54) is 5.56 Å². The Balaban J connectivity index is 2.42. The number of hydrogen-bond donors (Lipinski definition) is 2. The van der Waals surface area contributed by atoms with E-state index < -0.39 is 0 Å². The number of benzene rings is 1. The topological polar surface area (TPSA) is 40.5 Å². The van der Waals surface area contributed by atoms with Crippen LogP contribution in [0, 0.1) is 0 Å². The highest BCUT2D eigenvalue weighted by atomic mass is 32.2. The van der Waals surface area contributed by atoms with Crippen molar-refractivity contribution in [3.05, 3.63) is 29.8 Å². The molecule has 1 rings (SSSR count). The Hall–Kier alpha value is -0.670. The van der Waals surface area contributed by atoms with E-state index in [0.717, 1.165) is 5.75 Å². The number of aromatic hydroxyl groups is 1. The summed E-state index contributed by atoms with van der Waals surface area (Å²) in [4.78, 5) is 0. The van der Waals surface area contributed by atoms with Gasteiger partial charge in [-0.2, -0.15) is 11.8 Å². The maximum Gasteiger partial charge on any atom is 0.115 e. The van der Waals surface area contributed by atoms with E-state index in [4.69, 9.17) is 5.11 Å². The summed E-state index contributed by atoms with van der Waals surface area (Å²) in [6, 6.07) is 7.17. The van der Waals surface area contributed by atoms with Crippen molar-refractivity contribution in [2.75, 3.05) is 0 Å². The highest BCUT2D eigenvalue weighted by molar-refractivity contribution is 7.99. The summed E-state index contributed by atoms with van der Waals surface area (Å²) in [6.07, 6.45) is -0.280. The van der Waals surface area contributed by atoms with Crippen molar-refractivity contribution in [1.82, 2.24) is 0 Å². The van der Waals surface area contributed by atoms with Crippen LogP contribution in [0.2, 0.25) is 0 Å². The summed E-state index contributed by atoms with van der Waals surface area (Å²) in [7, 11) is 0. The minimum Gasteiger partial charge on any atom is -0.508 e. The first kappa shape index (κ1) is 11.4. The predicted octanol–water partition coefficient (Wildman–Crippen LogP) is 2.39. The quantitative estimate of drug-likeness (QED) is 0.805. The maximum absolute atomic E-state index is 9.28. The first-order chi connectivity index (χ1) is 6.59. The largest absolute Gasteiger partial charge is 0.508 e. The molecule has 78 valence electrons. The van der Waals surface area contributed by atoms with Crippen LogP contribution in [0.1, 0.15) is 19.4 Å². The summed E-state index contributed by atoms with van der Waals surface area (Å²) < 4.78 is 0. The standard InChI is InChI=1S/C11H16O2S/c1-8(12)9(2)14-7-10-3-5-11(13)6-4-10/h3-6,8-9,12-13H,7H2,1-2H3. The van der Waals surface area contributed by atoms with E-state index in [0.29, 0.717) is 5.75 Å². The van der Waals surface area contributed by atoms with Crippen molar-refractivity contribution >= 4 is 11.8 Å². The number of phenolic OH excluding ortho intramolecular Hbond substituents is 1. The number of aliphatic hydroxyl groups excluding tert-OH is 1. The van der Waals surface area contributed by atoms with Gasteiger partial charge in [0.05, 0.1) is 6.10 Å². The van der Waals surface area contributed by atoms with Crippen LogP contribution in [0.4, 0.5) is 0 Å². The van der Waals surface area contributed by atoms with Crippen molar-refractivity contribution < 1.29 is 10.2 Å². The fourth-order valence-corrected chi connectivity index (χ4v) is 1.89. The molecule has 3 heteroatoms. The molecular weight excluding hydrogens is 196 g/mol. The van der Waals surface area contributed by atoms with Gasteiger partial charge in [0.15, 0.2) is 0 Å². The number of hydrogen-bond acceptors (Lipinski definition) is 3. The fourth-order valence-electron chi connectivity index (χ4n) is 0.959. The Labute approximate surface area is 89.0 Å². The molecule has 0 heterocycles. The molecule has 0 saturated carbocycles. The average Bonchev–Trinajstić information content (AvgIpc) is 2.16. The third-order valence-electron chi connectivity index (χ3n) is 2.13. The van der Waals surface area contributed by atoms with Gasteiger partial charge >= 0.3 is 0 Å². The molecule has 1 aromatic carbocycles. The van der Waals surface area contributed by atoms with Gasteiger partial charge in [0.1, 0.15) is 5.75 Å². The number of rotatable bonds is 4. The van der Waals surface area contributed by atoms with Gasteiger partial charge in [-0.3, -0.25) is 0 Å². The molecule has 0 aliphatic rings. The van der Waals surface area contributed by atoms with Crippen molar-refractivity contribution in [3.63, 3.8) is 0 Å². The molecule has 1 aromatic rings. The summed E-state index contributed by atoms with van der Waals surface area (Å²) >= 11 is 1.71. The zero-order valence-electron chi connectivity index (χ0n) is 8.47. The lowest BCUT2D eigenvalue weighted by molar-refractivity contribution is 0.196. The van der Waals surface area contributed by atoms with E-state index in [2.05, 4.69) is 0 Å². The van der Waals surface area contributed by atoms with Crippen molar-refractivity contribution in [1.29, 1.82) is 0 Å². The monoisotopic (exact) mass is 212 g/mol. The molecule has 0 bridgehead atoms. The van der Waals surface area contributed by atoms with Crippen molar-refractivity contribution in [3.8, 4) is 5.75 Å². The van der Waals surface area contributed by atoms with E-state index in [9.17, 15) is 5.11 Å². The van der Waals surface area contributed by atoms with Crippen LogP contribution in [0.3, 0.4) is 0 Å². The molecule has 0 aliphatic heterocycles. The van der Waals surface area contributed by atoms with Gasteiger partial charge in [0.25, 0.3) is 0 Å². The predicted molar refractivity (Wildman–Crippen MR) is 60.5 cm³/mol. The summed E-state index contributed by atoms with van der Waals surface area (Å²) in [5, 5.41) is 18.6. The van der Waals surface area contributed by atoms with E-state index in [-0.39, 0.29) is 11.4 Å². The normalized spacial score (nSPS) is 15.1. The number of phenols is 1. The Morgan fingerprint density at radius 3 is 2.29 bits per heavy atom. The number of thioether (sulfide) groups is 1. The van der Waals surface area contributed by atoms with Gasteiger partial charge in [-0.25, -0.2) is 0 Å². The minimum absolute atomic E-state index is 0.240. The molecule has 0 amide bonds. The van der Waals surface area contributed by atoms with E-state index in [1.807, 2.05) is 19.1 Å². The molecule has 0 radical (unpaired) electrons. The van der Waals surface area contributed by atoms with Gasteiger partial charge in [-0.05, 0) is 24.6 Å². The van der Waals surface area contributed by atoms with Crippen molar-refractivity contribution in [2.45, 2.75) is 31.0 Å². The van der Waals surface area contributed by atoms with Gasteiger partial charge in [-0.15, -0.1) is 0 Å². The van der Waals surface area contributed by atoms with Gasteiger partial charge in [0, 0.05) is 11.0 Å². The molecule has 0 aliphatic carbocycles. The second-order valence-electron chi connectivity index (χ2n) is 3.42. The maximum atomic E-state index is 9.28. The Kier molecular flexibility index (Phi) is 4.29. The smallest absolute Gasteiger partial charge is 0.115 e. The molecule has 2 unspecified atom stereocenters. The lowest BCUT2D eigenvalue weighted by Crippen LogP contribution is -2.15. The molecule has 0 aromatic heterocycles. The third-order valence-corrected chi connectivity index (χ3v) is 3.55. The zero-order chi connectivity index (χ0) is 10.6. The first-order valence-electron chi connectivity index (χ1n) is 4.67. The first-order valence-corrected chi connectivity index (χ1v) is 5.72.